The number of hydrogen-bond acceptors (Lipinski definition) is 5. The van der Waals surface area contributed by atoms with Crippen molar-refractivity contribution < 1.29 is 18.1 Å². The summed E-state index contributed by atoms with van der Waals surface area (Å²) in [6.07, 6.45) is 7.92. The molecule has 0 spiro atoms. The maximum atomic E-state index is 10.4. The third-order valence-electron chi connectivity index (χ3n) is 2.52. The second-order valence-corrected chi connectivity index (χ2v) is 7.67. The third-order valence-corrected chi connectivity index (χ3v) is 4.58. The average Bonchev–Trinajstić information content (AvgIpc) is 2.29. The molecule has 0 aromatic rings. The van der Waals surface area contributed by atoms with Gasteiger partial charge in [0.25, 0.3) is 0 Å². The van der Waals surface area contributed by atoms with Gasteiger partial charge in [0, 0.05) is 18.9 Å². The van der Waals surface area contributed by atoms with Gasteiger partial charge >= 0.3 is 9.15 Å². The topological polar surface area (TPSA) is 86.6 Å². The minimum absolute atomic E-state index is 0.297. The van der Waals surface area contributed by atoms with Crippen molar-refractivity contribution in [2.45, 2.75) is 44.9 Å². The monoisotopic (exact) mass is 299 g/mol. The van der Waals surface area contributed by atoms with Crippen LogP contribution in [0.15, 0.2) is 0 Å². The van der Waals surface area contributed by atoms with Gasteiger partial charge in [-0.1, -0.05) is 32.1 Å². The van der Waals surface area contributed by atoms with Crippen LogP contribution < -0.4 is 5.32 Å². The molecule has 0 saturated heterocycles. The lowest BCUT2D eigenvalue weighted by molar-refractivity contribution is 0.282. The molecule has 0 aliphatic carbocycles. The van der Waals surface area contributed by atoms with Crippen LogP contribution in [0.1, 0.15) is 44.9 Å². The van der Waals surface area contributed by atoms with Gasteiger partial charge in [0.05, 0.1) is 0 Å². The second kappa shape index (κ2) is 12.2. The van der Waals surface area contributed by atoms with Gasteiger partial charge in [-0.25, -0.2) is 0 Å². The number of rotatable bonds is 13. The first-order valence-corrected chi connectivity index (χ1v) is 9.44. The normalized spacial score (nSPS) is 11.9. The Kier molecular flexibility index (Phi) is 12.3. The van der Waals surface area contributed by atoms with Crippen molar-refractivity contribution in [1.29, 1.82) is 0 Å². The molecule has 0 radical (unpaired) electrons. The van der Waals surface area contributed by atoms with E-state index in [0.717, 1.165) is 25.8 Å². The molecule has 5 nitrogen and oxygen atoms in total. The Morgan fingerprint density at radius 2 is 1.44 bits per heavy atom. The van der Waals surface area contributed by atoms with Crippen LogP contribution >= 0.6 is 10.8 Å². The average molecular weight is 299 g/mol. The lowest BCUT2D eigenvalue weighted by Gasteiger charge is -2.04. The van der Waals surface area contributed by atoms with Crippen molar-refractivity contribution in [3.05, 3.63) is 0 Å². The molecule has 0 aromatic heterocycles. The van der Waals surface area contributed by atoms with E-state index in [0.29, 0.717) is 29.7 Å². The molecule has 7 heteroatoms. The van der Waals surface area contributed by atoms with E-state index in [9.17, 15) is 8.42 Å². The number of hydrogen-bond donors (Lipinski definition) is 3. The Labute approximate surface area is 114 Å². The molecule has 18 heavy (non-hydrogen) atoms. The molecule has 0 aromatic carbocycles. The summed E-state index contributed by atoms with van der Waals surface area (Å²) in [5.41, 5.74) is 0. The maximum absolute atomic E-state index is 10.4. The third kappa shape index (κ3) is 16.2. The summed E-state index contributed by atoms with van der Waals surface area (Å²) in [5, 5.41) is 11.7. The van der Waals surface area contributed by atoms with Gasteiger partial charge in [0.1, 0.15) is 0 Å². The summed E-state index contributed by atoms with van der Waals surface area (Å²) < 4.78 is 29.2. The maximum Gasteiger partial charge on any atom is 0.319 e. The van der Waals surface area contributed by atoms with Gasteiger partial charge in [-0.2, -0.15) is 8.42 Å². The van der Waals surface area contributed by atoms with Crippen molar-refractivity contribution in [1.82, 2.24) is 5.32 Å². The van der Waals surface area contributed by atoms with Crippen LogP contribution in [0, 0.1) is 0 Å². The summed E-state index contributed by atoms with van der Waals surface area (Å²) in [7, 11) is -3.32. The highest BCUT2D eigenvalue weighted by molar-refractivity contribution is 8.69. The highest BCUT2D eigenvalue weighted by Crippen LogP contribution is 2.08. The Morgan fingerprint density at radius 3 is 2.00 bits per heavy atom. The van der Waals surface area contributed by atoms with Crippen LogP contribution in [0.5, 0.6) is 0 Å². The Bertz CT molecular complexity index is 270. The first-order valence-electron chi connectivity index (χ1n) is 6.49. The van der Waals surface area contributed by atoms with Crippen molar-refractivity contribution in [3.8, 4) is 0 Å². The molecule has 0 fully saturated rings. The van der Waals surface area contributed by atoms with Crippen LogP contribution in [0.25, 0.3) is 0 Å². The molecule has 0 amide bonds. The van der Waals surface area contributed by atoms with Crippen LogP contribution in [0.3, 0.4) is 0 Å². The Morgan fingerprint density at radius 1 is 0.889 bits per heavy atom. The Hall–Kier alpha value is 0.180. The molecule has 0 aliphatic heterocycles. The fraction of sp³-hybridized carbons (Fsp3) is 1.00. The molecule has 110 valence electrons. The molecular weight excluding hydrogens is 274 g/mol. The van der Waals surface area contributed by atoms with E-state index in [2.05, 4.69) is 5.32 Å². The van der Waals surface area contributed by atoms with E-state index in [4.69, 9.17) is 9.66 Å². The molecule has 3 N–H and O–H groups in total. The SMILES string of the molecule is O=S(=O)(O)SCCNCCCCCCCCCO. The number of unbranched alkanes of at least 4 members (excludes halogenated alkanes) is 6. The molecule has 0 aliphatic rings. The standard InChI is InChI=1S/C11H25NO4S2/c13-10-7-5-3-1-2-4-6-8-12-9-11-17-18(14,15)16/h12-13H,1-11H2,(H,14,15,16). The van der Waals surface area contributed by atoms with Gasteiger partial charge in [0.15, 0.2) is 0 Å². The first-order chi connectivity index (χ1) is 8.56. The fourth-order valence-corrected chi connectivity index (χ4v) is 2.91. The van der Waals surface area contributed by atoms with Crippen LogP contribution in [-0.2, 0) is 9.15 Å². The Balaban J connectivity index is 3.03. The fourth-order valence-electron chi connectivity index (χ4n) is 1.59. The van der Waals surface area contributed by atoms with Gasteiger partial charge in [0.2, 0.25) is 0 Å². The molecule has 0 unspecified atom stereocenters. The summed E-state index contributed by atoms with van der Waals surface area (Å²) >= 11 is 0. The smallest absolute Gasteiger partial charge is 0.319 e. The molecule has 0 saturated carbocycles. The zero-order valence-corrected chi connectivity index (χ0v) is 12.4. The van der Waals surface area contributed by atoms with Crippen molar-refractivity contribution in [2.24, 2.45) is 0 Å². The van der Waals surface area contributed by atoms with E-state index >= 15 is 0 Å². The van der Waals surface area contributed by atoms with Gasteiger partial charge in [-0.15, -0.1) is 0 Å². The molecule has 0 rings (SSSR count). The van der Waals surface area contributed by atoms with Crippen molar-refractivity contribution in [3.63, 3.8) is 0 Å². The summed E-state index contributed by atoms with van der Waals surface area (Å²) in [6, 6.07) is 0. The van der Waals surface area contributed by atoms with Gasteiger partial charge < -0.3 is 10.4 Å². The zero-order chi connectivity index (χ0) is 13.7. The highest BCUT2D eigenvalue weighted by atomic mass is 33.1. The van der Waals surface area contributed by atoms with Gasteiger partial charge in [-0.3, -0.25) is 4.55 Å². The lowest BCUT2D eigenvalue weighted by Crippen LogP contribution is -2.18. The van der Waals surface area contributed by atoms with Gasteiger partial charge in [-0.05, 0) is 30.2 Å². The largest absolute Gasteiger partial charge is 0.396 e. The molecule has 0 heterocycles. The van der Waals surface area contributed by atoms with E-state index in [1.807, 2.05) is 0 Å². The molecular formula is C11H25NO4S2. The van der Waals surface area contributed by atoms with E-state index in [1.165, 1.54) is 25.7 Å². The van der Waals surface area contributed by atoms with Crippen LogP contribution in [0.2, 0.25) is 0 Å². The lowest BCUT2D eigenvalue weighted by atomic mass is 10.1. The van der Waals surface area contributed by atoms with Crippen molar-refractivity contribution >= 4 is 19.9 Å². The van der Waals surface area contributed by atoms with E-state index in [1.54, 1.807) is 0 Å². The summed E-state index contributed by atoms with van der Waals surface area (Å²) in [6.45, 7) is 1.79. The number of aliphatic hydroxyl groups is 1. The number of nitrogens with one attached hydrogen (secondary N) is 1. The molecule has 0 atom stereocenters. The zero-order valence-electron chi connectivity index (χ0n) is 10.8. The van der Waals surface area contributed by atoms with E-state index in [-0.39, 0.29) is 0 Å². The van der Waals surface area contributed by atoms with Crippen molar-refractivity contribution in [2.75, 3.05) is 25.4 Å². The predicted molar refractivity (Wildman–Crippen MR) is 76.3 cm³/mol. The quantitative estimate of drug-likeness (QED) is 0.273. The van der Waals surface area contributed by atoms with Crippen LogP contribution in [-0.4, -0.2) is 43.5 Å². The predicted octanol–water partition coefficient (Wildman–Crippen LogP) is 1.83. The minimum Gasteiger partial charge on any atom is -0.396 e. The highest BCUT2D eigenvalue weighted by Gasteiger charge is 2.03. The number of aliphatic hydroxyl groups excluding tert-OH is 1. The first kappa shape index (κ1) is 18.2. The van der Waals surface area contributed by atoms with Crippen LogP contribution in [0.4, 0.5) is 0 Å². The summed E-state index contributed by atoms with van der Waals surface area (Å²) in [4.78, 5) is 0. The molecule has 0 bridgehead atoms. The minimum atomic E-state index is -3.88. The summed E-state index contributed by atoms with van der Waals surface area (Å²) in [5.74, 6) is 0.375. The van der Waals surface area contributed by atoms with E-state index < -0.39 is 9.15 Å². The second-order valence-electron chi connectivity index (χ2n) is 4.20.